The Labute approximate surface area is 139 Å². The number of fused-ring (bicyclic) bond motifs is 1. The molecule has 23 heavy (non-hydrogen) atoms. The Morgan fingerprint density at radius 3 is 2.78 bits per heavy atom. The molecule has 1 aromatic carbocycles. The van der Waals surface area contributed by atoms with Crippen molar-refractivity contribution in [1.29, 1.82) is 0 Å². The van der Waals surface area contributed by atoms with Gasteiger partial charge in [-0.2, -0.15) is 14.7 Å². The van der Waals surface area contributed by atoms with Gasteiger partial charge in [0.1, 0.15) is 5.82 Å². The van der Waals surface area contributed by atoms with Gasteiger partial charge in [-0.1, -0.05) is 22.9 Å². The van der Waals surface area contributed by atoms with Crippen molar-refractivity contribution >= 4 is 27.9 Å². The van der Waals surface area contributed by atoms with Crippen molar-refractivity contribution in [3.63, 3.8) is 0 Å². The van der Waals surface area contributed by atoms with Crippen LogP contribution in [0.3, 0.4) is 0 Å². The molecule has 0 radical (unpaired) electrons. The average molecular weight is 349 g/mol. The largest absolute Gasteiger partial charge is 0.272 e. The third kappa shape index (κ3) is 2.22. The van der Waals surface area contributed by atoms with Crippen LogP contribution in [0.25, 0.3) is 26.9 Å². The molecule has 3 heterocycles. The Bertz CT molecular complexity index is 1030. The van der Waals surface area contributed by atoms with Gasteiger partial charge in [0.2, 0.25) is 4.96 Å². The molecular weight excluding hydrogens is 339 g/mol. The standard InChI is InChI=1S/C14H10ClFN6S/c1-7-10(6-17-21(7)2)13-20-22-12(18-19-14(22)23-13)9-5-8(15)3-4-11(9)16/h3-6H,1-2H3. The van der Waals surface area contributed by atoms with Crippen molar-refractivity contribution in [2.45, 2.75) is 6.92 Å². The summed E-state index contributed by atoms with van der Waals surface area (Å²) in [5, 5.41) is 18.0. The van der Waals surface area contributed by atoms with E-state index in [1.165, 1.54) is 34.1 Å². The highest BCUT2D eigenvalue weighted by Gasteiger charge is 2.19. The Morgan fingerprint density at radius 1 is 1.22 bits per heavy atom. The summed E-state index contributed by atoms with van der Waals surface area (Å²) in [6.07, 6.45) is 1.75. The number of rotatable bonds is 2. The molecule has 0 saturated heterocycles. The predicted molar refractivity (Wildman–Crippen MR) is 86.0 cm³/mol. The zero-order valence-corrected chi connectivity index (χ0v) is 13.7. The van der Waals surface area contributed by atoms with Crippen LogP contribution in [0.15, 0.2) is 24.4 Å². The van der Waals surface area contributed by atoms with Gasteiger partial charge in [-0.05, 0) is 25.1 Å². The summed E-state index contributed by atoms with van der Waals surface area (Å²) in [6, 6.07) is 4.31. The summed E-state index contributed by atoms with van der Waals surface area (Å²) in [4.78, 5) is 0.581. The van der Waals surface area contributed by atoms with Gasteiger partial charge in [0, 0.05) is 17.8 Å². The second kappa shape index (κ2) is 5.10. The topological polar surface area (TPSA) is 60.9 Å². The molecule has 4 aromatic rings. The van der Waals surface area contributed by atoms with Gasteiger partial charge >= 0.3 is 0 Å². The second-order valence-corrected chi connectivity index (χ2v) is 6.41. The quantitative estimate of drug-likeness (QED) is 0.557. The Morgan fingerprint density at radius 2 is 2.04 bits per heavy atom. The SMILES string of the molecule is Cc1c(-c2nn3c(-c4cc(Cl)ccc4F)nnc3s2)cnn1C. The van der Waals surface area contributed by atoms with Crippen LogP contribution < -0.4 is 0 Å². The fraction of sp³-hybridized carbons (Fsp3) is 0.143. The number of aromatic nitrogens is 6. The summed E-state index contributed by atoms with van der Waals surface area (Å²) in [7, 11) is 1.87. The first-order valence-corrected chi connectivity index (χ1v) is 7.90. The van der Waals surface area contributed by atoms with E-state index in [0.717, 1.165) is 16.3 Å². The van der Waals surface area contributed by atoms with E-state index in [1.807, 2.05) is 14.0 Å². The van der Waals surface area contributed by atoms with Gasteiger partial charge in [-0.25, -0.2) is 4.39 Å². The number of nitrogens with zero attached hydrogens (tertiary/aromatic N) is 6. The van der Waals surface area contributed by atoms with Gasteiger partial charge in [-0.3, -0.25) is 4.68 Å². The van der Waals surface area contributed by atoms with Crippen molar-refractivity contribution in [2.75, 3.05) is 0 Å². The lowest BCUT2D eigenvalue weighted by molar-refractivity contribution is 0.629. The van der Waals surface area contributed by atoms with Gasteiger partial charge in [-0.15, -0.1) is 10.2 Å². The van der Waals surface area contributed by atoms with E-state index in [0.29, 0.717) is 15.8 Å². The van der Waals surface area contributed by atoms with Gasteiger partial charge < -0.3 is 0 Å². The maximum absolute atomic E-state index is 14.1. The van der Waals surface area contributed by atoms with Gasteiger partial charge in [0.25, 0.3) is 0 Å². The Balaban J connectivity index is 1.90. The number of hydrogen-bond acceptors (Lipinski definition) is 5. The molecule has 0 atom stereocenters. The van der Waals surface area contributed by atoms with E-state index >= 15 is 0 Å². The van der Waals surface area contributed by atoms with Gasteiger partial charge in [0.15, 0.2) is 10.8 Å². The van der Waals surface area contributed by atoms with Crippen LogP contribution in [0, 0.1) is 12.7 Å². The molecule has 0 bridgehead atoms. The molecule has 0 saturated carbocycles. The van der Waals surface area contributed by atoms with E-state index in [-0.39, 0.29) is 5.56 Å². The van der Waals surface area contributed by atoms with E-state index in [2.05, 4.69) is 20.4 Å². The van der Waals surface area contributed by atoms with Crippen molar-refractivity contribution in [2.24, 2.45) is 7.05 Å². The molecule has 6 nitrogen and oxygen atoms in total. The molecule has 0 spiro atoms. The van der Waals surface area contributed by atoms with Crippen LogP contribution in [0.5, 0.6) is 0 Å². The first-order valence-electron chi connectivity index (χ1n) is 6.71. The molecule has 0 N–H and O–H groups in total. The van der Waals surface area contributed by atoms with Crippen molar-refractivity contribution in [3.05, 3.63) is 40.9 Å². The van der Waals surface area contributed by atoms with Crippen LogP contribution in [0.4, 0.5) is 4.39 Å². The van der Waals surface area contributed by atoms with Crippen LogP contribution >= 0.6 is 22.9 Å². The first-order chi connectivity index (χ1) is 11.0. The van der Waals surface area contributed by atoms with E-state index in [9.17, 15) is 4.39 Å². The average Bonchev–Trinajstić information content (AvgIpc) is 3.18. The second-order valence-electron chi connectivity index (χ2n) is 5.02. The van der Waals surface area contributed by atoms with Crippen molar-refractivity contribution in [1.82, 2.24) is 29.6 Å². The number of hydrogen-bond donors (Lipinski definition) is 0. The van der Waals surface area contributed by atoms with E-state index in [4.69, 9.17) is 11.6 Å². The van der Waals surface area contributed by atoms with E-state index < -0.39 is 5.82 Å². The minimum atomic E-state index is -0.421. The van der Waals surface area contributed by atoms with Crippen LogP contribution in [-0.4, -0.2) is 29.6 Å². The molecule has 0 aliphatic heterocycles. The zero-order valence-electron chi connectivity index (χ0n) is 12.2. The van der Waals surface area contributed by atoms with Crippen molar-refractivity contribution in [3.8, 4) is 22.0 Å². The Hall–Kier alpha value is -2.32. The number of aryl methyl sites for hydroxylation is 1. The summed E-state index contributed by atoms with van der Waals surface area (Å²) in [6.45, 7) is 1.96. The van der Waals surface area contributed by atoms with Crippen LogP contribution in [0.2, 0.25) is 5.02 Å². The minimum absolute atomic E-state index is 0.268. The lowest BCUT2D eigenvalue weighted by Gasteiger charge is -2.00. The van der Waals surface area contributed by atoms with Crippen molar-refractivity contribution < 1.29 is 4.39 Å². The molecular formula is C14H10ClFN6S. The van der Waals surface area contributed by atoms with Gasteiger partial charge in [0.05, 0.1) is 17.3 Å². The summed E-state index contributed by atoms with van der Waals surface area (Å²) >= 11 is 7.33. The molecule has 3 aromatic heterocycles. The molecule has 9 heteroatoms. The highest BCUT2D eigenvalue weighted by Crippen LogP contribution is 2.31. The summed E-state index contributed by atoms with van der Waals surface area (Å²) < 4.78 is 17.4. The number of benzene rings is 1. The molecule has 116 valence electrons. The summed E-state index contributed by atoms with van der Waals surface area (Å²) in [5.41, 5.74) is 2.18. The molecule has 0 unspecified atom stereocenters. The summed E-state index contributed by atoms with van der Waals surface area (Å²) in [5.74, 6) is -0.0974. The maximum atomic E-state index is 14.1. The molecule has 0 aliphatic rings. The highest BCUT2D eigenvalue weighted by molar-refractivity contribution is 7.19. The van der Waals surface area contributed by atoms with Crippen LogP contribution in [-0.2, 0) is 7.05 Å². The van der Waals surface area contributed by atoms with Crippen LogP contribution in [0.1, 0.15) is 5.69 Å². The lowest BCUT2D eigenvalue weighted by Crippen LogP contribution is -1.95. The number of halogens is 2. The third-order valence-electron chi connectivity index (χ3n) is 3.63. The predicted octanol–water partition coefficient (Wildman–Crippen LogP) is 3.35. The maximum Gasteiger partial charge on any atom is 0.235 e. The lowest BCUT2D eigenvalue weighted by atomic mass is 10.2. The fourth-order valence-corrected chi connectivity index (χ4v) is 3.34. The molecule has 0 aliphatic carbocycles. The molecule has 0 fully saturated rings. The monoisotopic (exact) mass is 348 g/mol. The third-order valence-corrected chi connectivity index (χ3v) is 4.79. The molecule has 0 amide bonds. The zero-order chi connectivity index (χ0) is 16.1. The fourth-order valence-electron chi connectivity index (χ4n) is 2.27. The van der Waals surface area contributed by atoms with E-state index in [1.54, 1.807) is 10.9 Å². The minimum Gasteiger partial charge on any atom is -0.272 e. The first kappa shape index (κ1) is 14.3. The Kier molecular flexibility index (Phi) is 3.17. The highest BCUT2D eigenvalue weighted by atomic mass is 35.5. The normalized spacial score (nSPS) is 11.5. The smallest absolute Gasteiger partial charge is 0.235 e. The molecule has 4 rings (SSSR count).